The summed E-state index contributed by atoms with van der Waals surface area (Å²) >= 11 is 0. The molecule has 0 bridgehead atoms. The molecule has 31 heavy (non-hydrogen) atoms. The minimum absolute atomic E-state index is 0.0704. The highest BCUT2D eigenvalue weighted by Gasteiger charge is 2.26. The molecular weight excluding hydrogens is 400 g/mol. The highest BCUT2D eigenvalue weighted by atomic mass is 19.1. The van der Waals surface area contributed by atoms with Crippen molar-refractivity contribution in [2.24, 2.45) is 0 Å². The Morgan fingerprint density at radius 3 is 2.94 bits per heavy atom. The molecule has 5 rings (SSSR count). The van der Waals surface area contributed by atoms with E-state index < -0.39 is 11.6 Å². The second-order valence-corrected chi connectivity index (χ2v) is 7.77. The van der Waals surface area contributed by atoms with Crippen LogP contribution in [0.15, 0.2) is 48.7 Å². The number of aromatic amines is 1. The molecule has 0 fully saturated rings. The smallest absolute Gasteiger partial charge is 0.220 e. The van der Waals surface area contributed by atoms with E-state index in [1.807, 2.05) is 24.3 Å². The Balaban J connectivity index is 1.29. The second-order valence-electron chi connectivity index (χ2n) is 7.77. The van der Waals surface area contributed by atoms with E-state index in [4.69, 9.17) is 0 Å². The summed E-state index contributed by atoms with van der Waals surface area (Å²) in [7, 11) is 0. The molecule has 1 aliphatic carbocycles. The molecule has 0 radical (unpaired) electrons. The Kier molecular flexibility index (Phi) is 4.97. The fourth-order valence-corrected chi connectivity index (χ4v) is 4.19. The molecular formula is C23H21F2N5O. The highest BCUT2D eigenvalue weighted by molar-refractivity contribution is 5.77. The number of rotatable bonds is 5. The Morgan fingerprint density at radius 2 is 2.10 bits per heavy atom. The molecule has 0 spiro atoms. The number of fused-ring (bicyclic) bond motifs is 2. The largest absolute Gasteiger partial charge is 0.349 e. The summed E-state index contributed by atoms with van der Waals surface area (Å²) in [6.07, 6.45) is 4.85. The van der Waals surface area contributed by atoms with Crippen molar-refractivity contribution in [3.05, 3.63) is 77.4 Å². The van der Waals surface area contributed by atoms with E-state index in [2.05, 4.69) is 20.4 Å². The topological polar surface area (TPSA) is 75.6 Å². The van der Waals surface area contributed by atoms with Crippen molar-refractivity contribution in [3.8, 4) is 5.69 Å². The van der Waals surface area contributed by atoms with Gasteiger partial charge in [-0.25, -0.2) is 18.4 Å². The average Bonchev–Trinajstić information content (AvgIpc) is 3.37. The molecule has 1 amide bonds. The van der Waals surface area contributed by atoms with Crippen LogP contribution in [0, 0.1) is 11.6 Å². The molecule has 1 atom stereocenters. The Hall–Kier alpha value is -3.55. The first-order valence-corrected chi connectivity index (χ1v) is 10.3. The number of nitrogens with zero attached hydrogens (tertiary/aromatic N) is 3. The standard InChI is InChI=1S/C23H21F2N5O/c24-14-8-9-21(16(25)12-14)30-20-7-3-6-17(15(20)13-26-30)29-23(31)11-10-22-27-18-4-1-2-5-19(18)28-22/h1-2,4-5,8-9,12-13,17H,3,6-7,10-11H2,(H,27,28)(H,29,31)/t17-/m1/s1. The number of imidazole rings is 1. The number of para-hydroxylation sites is 2. The van der Waals surface area contributed by atoms with E-state index in [1.165, 1.54) is 16.8 Å². The quantitative estimate of drug-likeness (QED) is 0.508. The molecule has 2 aromatic carbocycles. The summed E-state index contributed by atoms with van der Waals surface area (Å²) in [5, 5.41) is 7.40. The van der Waals surface area contributed by atoms with Crippen LogP contribution in [0.2, 0.25) is 0 Å². The number of benzene rings is 2. The first-order valence-electron chi connectivity index (χ1n) is 10.3. The van der Waals surface area contributed by atoms with E-state index in [9.17, 15) is 13.6 Å². The maximum absolute atomic E-state index is 14.3. The van der Waals surface area contributed by atoms with Crippen LogP contribution in [-0.4, -0.2) is 25.7 Å². The fraction of sp³-hybridized carbons (Fsp3) is 0.261. The van der Waals surface area contributed by atoms with E-state index in [0.29, 0.717) is 12.8 Å². The van der Waals surface area contributed by atoms with Crippen LogP contribution in [0.3, 0.4) is 0 Å². The van der Waals surface area contributed by atoms with E-state index in [1.54, 1.807) is 6.20 Å². The first kappa shape index (κ1) is 19.4. The van der Waals surface area contributed by atoms with E-state index in [0.717, 1.165) is 53.4 Å². The monoisotopic (exact) mass is 421 g/mol. The zero-order chi connectivity index (χ0) is 21.4. The molecule has 2 heterocycles. The second kappa shape index (κ2) is 7.94. The summed E-state index contributed by atoms with van der Waals surface area (Å²) in [5.41, 5.74) is 3.77. The lowest BCUT2D eigenvalue weighted by atomic mass is 9.92. The van der Waals surface area contributed by atoms with Crippen LogP contribution in [0.4, 0.5) is 8.78 Å². The van der Waals surface area contributed by atoms with Gasteiger partial charge in [0, 0.05) is 30.2 Å². The maximum atomic E-state index is 14.3. The zero-order valence-corrected chi connectivity index (χ0v) is 16.7. The number of aromatic nitrogens is 4. The van der Waals surface area contributed by atoms with E-state index in [-0.39, 0.29) is 17.6 Å². The summed E-state index contributed by atoms with van der Waals surface area (Å²) in [4.78, 5) is 20.3. The number of aryl methyl sites for hydroxylation is 1. The zero-order valence-electron chi connectivity index (χ0n) is 16.7. The van der Waals surface area contributed by atoms with Gasteiger partial charge in [-0.05, 0) is 43.5 Å². The minimum atomic E-state index is -0.664. The lowest BCUT2D eigenvalue weighted by molar-refractivity contribution is -0.121. The summed E-state index contributed by atoms with van der Waals surface area (Å²) in [6, 6.07) is 11.0. The predicted molar refractivity (Wildman–Crippen MR) is 112 cm³/mol. The third-order valence-corrected chi connectivity index (χ3v) is 5.68. The highest BCUT2D eigenvalue weighted by Crippen LogP contribution is 2.31. The van der Waals surface area contributed by atoms with Crippen molar-refractivity contribution in [2.75, 3.05) is 0 Å². The number of nitrogens with one attached hydrogen (secondary N) is 2. The van der Waals surface area contributed by atoms with Crippen molar-refractivity contribution >= 4 is 16.9 Å². The van der Waals surface area contributed by atoms with Crippen molar-refractivity contribution in [1.82, 2.24) is 25.1 Å². The van der Waals surface area contributed by atoms with Gasteiger partial charge in [-0.1, -0.05) is 12.1 Å². The van der Waals surface area contributed by atoms with Crippen LogP contribution in [0.5, 0.6) is 0 Å². The molecule has 0 unspecified atom stereocenters. The van der Waals surface area contributed by atoms with Crippen LogP contribution >= 0.6 is 0 Å². The number of halogens is 2. The molecule has 1 aliphatic rings. The van der Waals surface area contributed by atoms with Crippen molar-refractivity contribution < 1.29 is 13.6 Å². The van der Waals surface area contributed by atoms with Gasteiger partial charge in [0.05, 0.1) is 23.3 Å². The molecule has 4 aromatic rings. The molecule has 0 saturated heterocycles. The van der Waals surface area contributed by atoms with Gasteiger partial charge in [0.25, 0.3) is 0 Å². The average molecular weight is 421 g/mol. The van der Waals surface area contributed by atoms with Gasteiger partial charge in [-0.3, -0.25) is 4.79 Å². The molecule has 2 N–H and O–H groups in total. The Labute approximate surface area is 177 Å². The molecule has 0 aliphatic heterocycles. The van der Waals surface area contributed by atoms with Gasteiger partial charge in [-0.2, -0.15) is 5.10 Å². The van der Waals surface area contributed by atoms with Gasteiger partial charge < -0.3 is 10.3 Å². The third kappa shape index (κ3) is 3.81. The lowest BCUT2D eigenvalue weighted by Crippen LogP contribution is -2.31. The predicted octanol–water partition coefficient (Wildman–Crippen LogP) is 4.15. The number of hydrogen-bond acceptors (Lipinski definition) is 3. The van der Waals surface area contributed by atoms with E-state index >= 15 is 0 Å². The number of hydrogen-bond donors (Lipinski definition) is 2. The van der Waals surface area contributed by atoms with Crippen LogP contribution in [0.25, 0.3) is 16.7 Å². The van der Waals surface area contributed by atoms with Gasteiger partial charge >= 0.3 is 0 Å². The Morgan fingerprint density at radius 1 is 1.23 bits per heavy atom. The minimum Gasteiger partial charge on any atom is -0.349 e. The van der Waals surface area contributed by atoms with Crippen molar-refractivity contribution in [3.63, 3.8) is 0 Å². The summed E-state index contributed by atoms with van der Waals surface area (Å²) in [5.74, 6) is -0.584. The molecule has 158 valence electrons. The Bertz CT molecular complexity index is 1230. The number of carbonyl (C=O) groups excluding carboxylic acids is 1. The number of amides is 1. The third-order valence-electron chi connectivity index (χ3n) is 5.68. The molecule has 2 aromatic heterocycles. The molecule has 0 saturated carbocycles. The van der Waals surface area contributed by atoms with Gasteiger partial charge in [0.2, 0.25) is 5.91 Å². The van der Waals surface area contributed by atoms with Crippen molar-refractivity contribution in [1.29, 1.82) is 0 Å². The fourth-order valence-electron chi connectivity index (χ4n) is 4.19. The van der Waals surface area contributed by atoms with Gasteiger partial charge in [-0.15, -0.1) is 0 Å². The normalized spacial score (nSPS) is 15.7. The van der Waals surface area contributed by atoms with Crippen LogP contribution in [0.1, 0.15) is 42.4 Å². The lowest BCUT2D eigenvalue weighted by Gasteiger charge is -2.24. The molecule has 8 heteroatoms. The summed E-state index contributed by atoms with van der Waals surface area (Å²) < 4.78 is 29.0. The number of carbonyl (C=O) groups is 1. The maximum Gasteiger partial charge on any atom is 0.220 e. The van der Waals surface area contributed by atoms with Crippen molar-refractivity contribution in [2.45, 2.75) is 38.1 Å². The van der Waals surface area contributed by atoms with Gasteiger partial charge in [0.1, 0.15) is 17.3 Å². The number of H-pyrrole nitrogens is 1. The molecule has 6 nitrogen and oxygen atoms in total. The van der Waals surface area contributed by atoms with Crippen LogP contribution < -0.4 is 5.32 Å². The van der Waals surface area contributed by atoms with Crippen LogP contribution in [-0.2, 0) is 17.6 Å². The summed E-state index contributed by atoms with van der Waals surface area (Å²) in [6.45, 7) is 0. The van der Waals surface area contributed by atoms with Gasteiger partial charge in [0.15, 0.2) is 5.82 Å². The SMILES string of the molecule is O=C(CCc1nc2ccccc2[nH]1)N[C@@H]1CCCc2c1cnn2-c1ccc(F)cc1F. The first-order chi connectivity index (χ1) is 15.1.